The van der Waals surface area contributed by atoms with Crippen LogP contribution in [0.25, 0.3) is 105 Å². The Hall–Kier alpha value is -7.17. The van der Waals surface area contributed by atoms with Gasteiger partial charge in [0.25, 0.3) is 0 Å². The number of fused-ring (bicyclic) bond motifs is 8. The van der Waals surface area contributed by atoms with Gasteiger partial charge >= 0.3 is 0 Å². The second-order valence-electron chi connectivity index (χ2n) is 19.8. The number of furan rings is 1. The molecule has 0 saturated heterocycles. The summed E-state index contributed by atoms with van der Waals surface area (Å²) in [6.07, 6.45) is 1.87. The number of aromatic nitrogens is 3. The fraction of sp³-hybridized carbons (Fsp3) is 0.169. The van der Waals surface area contributed by atoms with Gasteiger partial charge in [-0.05, 0) is 132 Å². The molecule has 12 aromatic rings. The molecule has 12 rings (SSSR count). The molecule has 0 atom stereocenters. The van der Waals surface area contributed by atoms with E-state index in [1.165, 1.54) is 16.3 Å². The normalized spacial score (nSPS) is 12.7. The van der Waals surface area contributed by atoms with Crippen LogP contribution in [0.5, 0.6) is 0 Å². The Morgan fingerprint density at radius 1 is 0.600 bits per heavy atom. The van der Waals surface area contributed by atoms with Crippen molar-refractivity contribution in [3.63, 3.8) is 0 Å². The molecule has 0 saturated carbocycles. The third-order valence-electron chi connectivity index (χ3n) is 13.5. The monoisotopic (exact) mass is 1090 g/mol. The zero-order valence-corrected chi connectivity index (χ0v) is 42.9. The topological polar surface area (TPSA) is 43.9 Å². The van der Waals surface area contributed by atoms with Crippen molar-refractivity contribution >= 4 is 65.3 Å². The second-order valence-corrected chi connectivity index (χ2v) is 19.8. The van der Waals surface area contributed by atoms with Gasteiger partial charge in [0.2, 0.25) is 0 Å². The zero-order valence-electron chi connectivity index (χ0n) is 43.5. The number of nitrogens with zero attached hydrogens (tertiary/aromatic N) is 3. The summed E-state index contributed by atoms with van der Waals surface area (Å²) in [4.78, 5) is 9.80. The van der Waals surface area contributed by atoms with E-state index in [1.807, 2.05) is 72.9 Å². The first kappa shape index (κ1) is 42.9. The van der Waals surface area contributed by atoms with Crippen molar-refractivity contribution in [1.82, 2.24) is 14.5 Å². The maximum atomic E-state index is 9.03. The molecule has 3 heterocycles. The van der Waals surface area contributed by atoms with Crippen LogP contribution in [0, 0.1) is 19.0 Å². The van der Waals surface area contributed by atoms with E-state index in [2.05, 4.69) is 173 Å². The summed E-state index contributed by atoms with van der Waals surface area (Å²) in [6, 6.07) is 64.8. The first-order valence-electron chi connectivity index (χ1n) is 25.4. The Balaban J connectivity index is 0.000000307. The quantitative estimate of drug-likeness (QED) is 0.123. The molecule has 70 heavy (non-hydrogen) atoms. The van der Waals surface area contributed by atoms with Crippen molar-refractivity contribution in [2.75, 3.05) is 0 Å². The number of imidazole rings is 1. The van der Waals surface area contributed by atoms with Crippen molar-refractivity contribution in [3.8, 4) is 39.5 Å². The zero-order chi connectivity index (χ0) is 50.1. The number of pyridine rings is 1. The summed E-state index contributed by atoms with van der Waals surface area (Å²) in [5, 5.41) is 8.10. The largest absolute Gasteiger partial charge is 0.501 e. The van der Waals surface area contributed by atoms with Gasteiger partial charge in [0.1, 0.15) is 5.58 Å². The SMILES string of the molecule is CC(C)(C)c1ccnc(-c2[c-]cccc2)c1.[2H]C([2H])([2H])c1c2ccccc2cc2nc(-c3[c-]ccc4c3oc3cc5c(ccc6ccccc65)cc34)n(-c3c(C(C)C)cc(-c4ccccc4)cc3C(C)C)c12.[Ir]. The van der Waals surface area contributed by atoms with Crippen LogP contribution in [0.15, 0.2) is 180 Å². The Bertz CT molecular complexity index is 3990. The van der Waals surface area contributed by atoms with E-state index in [0.29, 0.717) is 33.4 Å². The van der Waals surface area contributed by atoms with Gasteiger partial charge in [-0.1, -0.05) is 156 Å². The summed E-state index contributed by atoms with van der Waals surface area (Å²) in [5.74, 6) is 0.791. The molecule has 0 aliphatic carbocycles. The Morgan fingerprint density at radius 2 is 1.29 bits per heavy atom. The predicted octanol–water partition coefficient (Wildman–Crippen LogP) is 17.9. The number of hydrogen-bond donors (Lipinski definition) is 0. The predicted molar refractivity (Wildman–Crippen MR) is 291 cm³/mol. The van der Waals surface area contributed by atoms with E-state index in [9.17, 15) is 0 Å². The first-order chi connectivity index (χ1) is 34.6. The van der Waals surface area contributed by atoms with Crippen LogP contribution in [-0.4, -0.2) is 14.5 Å². The average molecular weight is 1090 g/mol. The van der Waals surface area contributed by atoms with Crippen molar-refractivity contribution in [1.29, 1.82) is 0 Å². The van der Waals surface area contributed by atoms with Gasteiger partial charge in [0.15, 0.2) is 0 Å². The summed E-state index contributed by atoms with van der Waals surface area (Å²) >= 11 is 0. The molecule has 0 N–H and O–H groups in total. The van der Waals surface area contributed by atoms with Crippen LogP contribution in [0.4, 0.5) is 0 Å². The molecule has 3 aromatic heterocycles. The molecule has 0 unspecified atom stereocenters. The molecular weight excluding hydrogens is 1030 g/mol. The summed E-state index contributed by atoms with van der Waals surface area (Å²) in [5.41, 5.74) is 12.5. The van der Waals surface area contributed by atoms with Crippen LogP contribution in [0.3, 0.4) is 0 Å². The van der Waals surface area contributed by atoms with Gasteiger partial charge in [0, 0.05) is 41.5 Å². The molecule has 347 valence electrons. The number of rotatable bonds is 6. The second kappa shape index (κ2) is 18.6. The molecule has 5 heteroatoms. The number of benzene rings is 9. The van der Waals surface area contributed by atoms with Gasteiger partial charge in [-0.25, -0.2) is 0 Å². The summed E-state index contributed by atoms with van der Waals surface area (Å²) in [7, 11) is 0. The first-order valence-corrected chi connectivity index (χ1v) is 23.9. The van der Waals surface area contributed by atoms with Gasteiger partial charge in [0.05, 0.1) is 22.4 Å². The molecule has 0 amide bonds. The van der Waals surface area contributed by atoms with Crippen molar-refractivity contribution in [2.45, 2.75) is 72.6 Å². The van der Waals surface area contributed by atoms with E-state index < -0.39 is 6.85 Å². The third-order valence-corrected chi connectivity index (χ3v) is 13.5. The number of hydrogen-bond acceptors (Lipinski definition) is 3. The standard InChI is InChI=1S/C50H39N2O.C15H16N.Ir/c1-29(2)41-25-36(32-14-7-6-8-15-32)26-42(30(3)4)48(41)52-47-31(5)37-18-11-10-17-34(37)27-45(47)51-50(52)40-21-13-20-39-44-24-35-23-22-33-16-9-12-19-38(33)43(35)28-46(44)53-49(39)40;1-15(2,3)13-9-10-16-14(11-13)12-7-5-4-6-8-12;/h6-20,22-30H,1-5H3;4-7,9-11H,1-3H3;/q2*-1;/i5D3;;. The summed E-state index contributed by atoms with van der Waals surface area (Å²) in [6.45, 7) is 13.0. The van der Waals surface area contributed by atoms with Crippen LogP contribution < -0.4 is 0 Å². The van der Waals surface area contributed by atoms with E-state index in [-0.39, 0.29) is 42.9 Å². The van der Waals surface area contributed by atoms with Crippen molar-refractivity contribution < 1.29 is 28.6 Å². The molecule has 0 fully saturated rings. The maximum Gasteiger partial charge on any atom is 0.121 e. The Kier molecular flexibility index (Phi) is 11.4. The van der Waals surface area contributed by atoms with Crippen LogP contribution in [0.2, 0.25) is 0 Å². The fourth-order valence-corrected chi connectivity index (χ4v) is 9.91. The number of aryl methyl sites for hydroxylation is 1. The molecule has 1 radical (unpaired) electrons. The maximum absolute atomic E-state index is 9.03. The molecule has 0 aliphatic heterocycles. The smallest absolute Gasteiger partial charge is 0.121 e. The minimum Gasteiger partial charge on any atom is -0.501 e. The minimum absolute atomic E-state index is 0. The molecule has 4 nitrogen and oxygen atoms in total. The molecule has 0 spiro atoms. The Labute approximate surface area is 428 Å². The van der Waals surface area contributed by atoms with Crippen LogP contribution in [0.1, 0.15) is 86.7 Å². The Morgan fingerprint density at radius 3 is 2.00 bits per heavy atom. The fourth-order valence-electron chi connectivity index (χ4n) is 9.91. The van der Waals surface area contributed by atoms with E-state index in [4.69, 9.17) is 13.5 Å². The van der Waals surface area contributed by atoms with E-state index >= 15 is 0 Å². The van der Waals surface area contributed by atoms with Crippen LogP contribution in [-0.2, 0) is 25.5 Å². The van der Waals surface area contributed by atoms with E-state index in [0.717, 1.165) is 71.7 Å². The van der Waals surface area contributed by atoms with Crippen LogP contribution >= 0.6 is 0 Å². The molecular formula is C65H55IrN3O-2. The third kappa shape index (κ3) is 8.31. The summed E-state index contributed by atoms with van der Waals surface area (Å²) < 4.78 is 36.1. The van der Waals surface area contributed by atoms with Gasteiger partial charge in [-0.15, -0.1) is 54.1 Å². The molecule has 9 aromatic carbocycles. The van der Waals surface area contributed by atoms with Gasteiger partial charge in [-0.2, -0.15) is 0 Å². The van der Waals surface area contributed by atoms with E-state index in [1.54, 1.807) is 0 Å². The molecule has 0 aliphatic rings. The molecule has 0 bridgehead atoms. The minimum atomic E-state index is -2.44. The average Bonchev–Trinajstić information content (AvgIpc) is 3.94. The van der Waals surface area contributed by atoms with Gasteiger partial charge < -0.3 is 14.0 Å². The van der Waals surface area contributed by atoms with Gasteiger partial charge in [-0.3, -0.25) is 4.98 Å². The van der Waals surface area contributed by atoms with Crippen molar-refractivity contribution in [2.24, 2.45) is 0 Å². The van der Waals surface area contributed by atoms with Crippen molar-refractivity contribution in [3.05, 3.63) is 210 Å².